The van der Waals surface area contributed by atoms with Crippen LogP contribution in [0.1, 0.15) is 26.5 Å². The number of likely N-dealkylation sites (tertiary alicyclic amines) is 1. The van der Waals surface area contributed by atoms with E-state index in [1.54, 1.807) is 29.8 Å². The molecule has 0 aromatic carbocycles. The summed E-state index contributed by atoms with van der Waals surface area (Å²) in [6, 6.07) is 7.13. The maximum Gasteiger partial charge on any atom is 0.407 e. The van der Waals surface area contributed by atoms with Crippen LogP contribution in [-0.2, 0) is 7.05 Å². The summed E-state index contributed by atoms with van der Waals surface area (Å²) < 4.78 is 1.54. The van der Waals surface area contributed by atoms with Gasteiger partial charge < -0.3 is 19.5 Å². The fourth-order valence-electron chi connectivity index (χ4n) is 5.15. The number of aryl methyl sites for hydroxylation is 1. The van der Waals surface area contributed by atoms with E-state index in [0.29, 0.717) is 36.4 Å². The first-order chi connectivity index (χ1) is 13.6. The number of nitrogens with zero attached hydrogens (tertiary/aromatic N) is 5. The Bertz CT molecular complexity index is 1090. The molecule has 152 valence electrons. The molecule has 4 heterocycles. The van der Waals surface area contributed by atoms with E-state index >= 15 is 0 Å². The molecule has 4 rings (SSSR count). The van der Waals surface area contributed by atoms with Crippen molar-refractivity contribution in [2.24, 2.45) is 24.3 Å². The molecule has 2 aliphatic heterocycles. The first kappa shape index (κ1) is 19.2. The molecule has 0 saturated carbocycles. The van der Waals surface area contributed by atoms with Gasteiger partial charge in [-0.25, -0.2) is 9.78 Å². The number of pyridine rings is 2. The Morgan fingerprint density at radius 1 is 1.28 bits per heavy atom. The molecule has 0 aliphatic carbocycles. The summed E-state index contributed by atoms with van der Waals surface area (Å²) in [5, 5.41) is 18.7. The summed E-state index contributed by atoms with van der Waals surface area (Å²) in [6.07, 6.45) is -0.877. The van der Waals surface area contributed by atoms with Crippen LogP contribution in [0.4, 0.5) is 10.5 Å². The molecule has 3 unspecified atom stereocenters. The van der Waals surface area contributed by atoms with Crippen molar-refractivity contribution in [1.29, 1.82) is 5.26 Å². The lowest BCUT2D eigenvalue weighted by Crippen LogP contribution is -2.46. The van der Waals surface area contributed by atoms with E-state index in [9.17, 15) is 20.0 Å². The number of anilines is 1. The average molecular weight is 395 g/mol. The van der Waals surface area contributed by atoms with E-state index in [4.69, 9.17) is 0 Å². The van der Waals surface area contributed by atoms with Gasteiger partial charge in [0.1, 0.15) is 17.3 Å². The highest BCUT2D eigenvalue weighted by molar-refractivity contribution is 5.89. The highest BCUT2D eigenvalue weighted by atomic mass is 16.4. The van der Waals surface area contributed by atoms with Gasteiger partial charge >= 0.3 is 6.09 Å². The van der Waals surface area contributed by atoms with Crippen LogP contribution in [0.2, 0.25) is 0 Å². The summed E-state index contributed by atoms with van der Waals surface area (Å²) >= 11 is 0. The van der Waals surface area contributed by atoms with E-state index in [-0.39, 0.29) is 28.9 Å². The zero-order valence-corrected chi connectivity index (χ0v) is 17.1. The number of fused-ring (bicyclic) bond motifs is 2. The average Bonchev–Trinajstić information content (AvgIpc) is 3.21. The van der Waals surface area contributed by atoms with Gasteiger partial charge in [0.15, 0.2) is 0 Å². The monoisotopic (exact) mass is 395 g/mol. The minimum absolute atomic E-state index is 0.0553. The van der Waals surface area contributed by atoms with Crippen molar-refractivity contribution >= 4 is 22.8 Å². The smallest absolute Gasteiger partial charge is 0.407 e. The lowest BCUT2D eigenvalue weighted by molar-refractivity contribution is 0.149. The van der Waals surface area contributed by atoms with Crippen LogP contribution in [0, 0.1) is 28.6 Å². The van der Waals surface area contributed by atoms with E-state index in [1.807, 2.05) is 0 Å². The van der Waals surface area contributed by atoms with Gasteiger partial charge in [0, 0.05) is 50.6 Å². The fourth-order valence-corrected chi connectivity index (χ4v) is 5.15. The molecule has 3 atom stereocenters. The van der Waals surface area contributed by atoms with Gasteiger partial charge in [-0.3, -0.25) is 4.79 Å². The minimum atomic E-state index is -0.877. The van der Waals surface area contributed by atoms with Crippen LogP contribution in [0.25, 0.3) is 11.0 Å². The standard InChI is InChI=1S/C21H25N5O3/c1-21(2,3)19-14-11-25(20(28)29)9-12(14)10-26(19)16-7-17(27)24(4)15-6-5-13(8-22)23-18(15)16/h5-7,12,14,19H,9-11H2,1-4H3,(H,28,29). The summed E-state index contributed by atoms with van der Waals surface area (Å²) in [5.41, 5.74) is 2.10. The van der Waals surface area contributed by atoms with E-state index in [2.05, 4.69) is 36.7 Å². The Hall–Kier alpha value is -3.08. The Labute approximate surface area is 169 Å². The number of amides is 1. The van der Waals surface area contributed by atoms with Gasteiger partial charge in [-0.15, -0.1) is 0 Å². The van der Waals surface area contributed by atoms with Crippen LogP contribution >= 0.6 is 0 Å². The highest BCUT2D eigenvalue weighted by Gasteiger charge is 2.52. The van der Waals surface area contributed by atoms with Crippen LogP contribution in [-0.4, -0.2) is 51.3 Å². The van der Waals surface area contributed by atoms with Gasteiger partial charge in [0.25, 0.3) is 5.56 Å². The van der Waals surface area contributed by atoms with Crippen molar-refractivity contribution in [3.8, 4) is 6.07 Å². The molecule has 2 fully saturated rings. The van der Waals surface area contributed by atoms with Gasteiger partial charge in [-0.1, -0.05) is 20.8 Å². The molecule has 0 bridgehead atoms. The Morgan fingerprint density at radius 2 is 2.00 bits per heavy atom. The second kappa shape index (κ2) is 6.48. The van der Waals surface area contributed by atoms with Gasteiger partial charge in [-0.05, 0) is 17.5 Å². The molecular weight excluding hydrogens is 370 g/mol. The van der Waals surface area contributed by atoms with E-state index in [0.717, 1.165) is 5.69 Å². The Kier molecular flexibility index (Phi) is 4.30. The molecular formula is C21H25N5O3. The first-order valence-electron chi connectivity index (χ1n) is 9.77. The predicted molar refractivity (Wildman–Crippen MR) is 109 cm³/mol. The molecule has 2 saturated heterocycles. The highest BCUT2D eigenvalue weighted by Crippen LogP contribution is 2.46. The third-order valence-electron chi connectivity index (χ3n) is 6.31. The number of aromatic nitrogens is 2. The quantitative estimate of drug-likeness (QED) is 0.795. The molecule has 0 radical (unpaired) electrons. The molecule has 8 heteroatoms. The first-order valence-corrected chi connectivity index (χ1v) is 9.77. The van der Waals surface area contributed by atoms with E-state index in [1.165, 1.54) is 4.90 Å². The zero-order chi connectivity index (χ0) is 21.1. The third kappa shape index (κ3) is 3.01. The lowest BCUT2D eigenvalue weighted by Gasteiger charge is -2.40. The normalized spacial score (nSPS) is 24.0. The van der Waals surface area contributed by atoms with Crippen molar-refractivity contribution in [3.05, 3.63) is 34.2 Å². The Morgan fingerprint density at radius 3 is 2.62 bits per heavy atom. The van der Waals surface area contributed by atoms with E-state index < -0.39 is 6.09 Å². The second-order valence-electron chi connectivity index (χ2n) is 9.18. The molecule has 2 aromatic heterocycles. The molecule has 8 nitrogen and oxygen atoms in total. The van der Waals surface area contributed by atoms with Crippen LogP contribution in [0.3, 0.4) is 0 Å². The van der Waals surface area contributed by atoms with Crippen molar-refractivity contribution in [2.45, 2.75) is 26.8 Å². The van der Waals surface area contributed by atoms with Crippen LogP contribution < -0.4 is 10.5 Å². The van der Waals surface area contributed by atoms with Crippen molar-refractivity contribution in [1.82, 2.24) is 14.5 Å². The van der Waals surface area contributed by atoms with Crippen LogP contribution in [0.15, 0.2) is 23.0 Å². The number of nitriles is 1. The van der Waals surface area contributed by atoms with Gasteiger partial charge in [0.05, 0.1) is 11.2 Å². The molecule has 2 aromatic rings. The van der Waals surface area contributed by atoms with Crippen molar-refractivity contribution in [2.75, 3.05) is 24.5 Å². The lowest BCUT2D eigenvalue weighted by atomic mass is 9.77. The van der Waals surface area contributed by atoms with Crippen molar-refractivity contribution in [3.63, 3.8) is 0 Å². The summed E-state index contributed by atoms with van der Waals surface area (Å²) in [6.45, 7) is 8.10. The topological polar surface area (TPSA) is 102 Å². The second-order valence-corrected chi connectivity index (χ2v) is 9.18. The van der Waals surface area contributed by atoms with Gasteiger partial charge in [0.2, 0.25) is 0 Å². The molecule has 29 heavy (non-hydrogen) atoms. The maximum atomic E-state index is 12.7. The SMILES string of the molecule is Cn1c(=O)cc(N2CC3CN(C(=O)O)CC3C2C(C)(C)C)c2nc(C#N)ccc21. The molecule has 2 aliphatic rings. The maximum absolute atomic E-state index is 12.7. The summed E-state index contributed by atoms with van der Waals surface area (Å²) in [4.78, 5) is 32.4. The number of carboxylic acid groups (broad SMARTS) is 1. The van der Waals surface area contributed by atoms with Crippen LogP contribution in [0.5, 0.6) is 0 Å². The number of carbonyl (C=O) groups is 1. The fraction of sp³-hybridized carbons (Fsp3) is 0.524. The number of rotatable bonds is 1. The minimum Gasteiger partial charge on any atom is -0.465 e. The van der Waals surface area contributed by atoms with Gasteiger partial charge in [-0.2, -0.15) is 5.26 Å². The number of hydrogen-bond donors (Lipinski definition) is 1. The predicted octanol–water partition coefficient (Wildman–Crippen LogP) is 2.27. The number of hydrogen-bond acceptors (Lipinski definition) is 5. The Balaban J connectivity index is 1.87. The largest absolute Gasteiger partial charge is 0.465 e. The summed E-state index contributed by atoms with van der Waals surface area (Å²) in [7, 11) is 1.70. The molecule has 1 N–H and O–H groups in total. The van der Waals surface area contributed by atoms with Crippen molar-refractivity contribution < 1.29 is 9.90 Å². The molecule has 0 spiro atoms. The zero-order valence-electron chi connectivity index (χ0n) is 17.1. The summed E-state index contributed by atoms with van der Waals surface area (Å²) in [5.74, 6) is 0.387. The third-order valence-corrected chi connectivity index (χ3v) is 6.31. The molecule has 1 amide bonds.